The summed E-state index contributed by atoms with van der Waals surface area (Å²) in [4.78, 5) is 31.7. The van der Waals surface area contributed by atoms with E-state index in [1.54, 1.807) is 59.7 Å². The van der Waals surface area contributed by atoms with Gasteiger partial charge in [-0.05, 0) is 71.8 Å². The number of halogens is 1. The van der Waals surface area contributed by atoms with Gasteiger partial charge in [0.2, 0.25) is 5.91 Å². The molecule has 8 heteroatoms. The molecule has 2 heterocycles. The maximum Gasteiger partial charge on any atom is 0.254 e. The van der Waals surface area contributed by atoms with Gasteiger partial charge >= 0.3 is 0 Å². The third-order valence-corrected chi connectivity index (χ3v) is 7.15. The minimum atomic E-state index is -0.331. The van der Waals surface area contributed by atoms with Gasteiger partial charge in [0.15, 0.2) is 0 Å². The predicted molar refractivity (Wildman–Crippen MR) is 138 cm³/mol. The Kier molecular flexibility index (Phi) is 8.25. The average molecular weight is 511 g/mol. The van der Waals surface area contributed by atoms with Crippen molar-refractivity contribution in [1.29, 1.82) is 0 Å². The van der Waals surface area contributed by atoms with E-state index in [0.717, 1.165) is 12.0 Å². The molecule has 3 aromatic rings. The number of hydrogen-bond donors (Lipinski definition) is 0. The van der Waals surface area contributed by atoms with E-state index in [9.17, 15) is 14.0 Å². The van der Waals surface area contributed by atoms with Gasteiger partial charge in [-0.1, -0.05) is 19.9 Å². The highest BCUT2D eigenvalue weighted by Gasteiger charge is 2.33. The highest BCUT2D eigenvalue weighted by atomic mass is 32.1. The number of carbonyl (C=O) groups is 2. The number of amides is 2. The molecule has 36 heavy (non-hydrogen) atoms. The van der Waals surface area contributed by atoms with Crippen molar-refractivity contribution in [3.63, 3.8) is 0 Å². The van der Waals surface area contributed by atoms with Gasteiger partial charge in [-0.15, -0.1) is 11.3 Å². The van der Waals surface area contributed by atoms with Crippen LogP contribution in [0, 0.1) is 11.7 Å². The first-order valence-electron chi connectivity index (χ1n) is 12.0. The Morgan fingerprint density at radius 3 is 2.64 bits per heavy atom. The van der Waals surface area contributed by atoms with Crippen molar-refractivity contribution in [3.05, 3.63) is 81.8 Å². The molecule has 190 valence electrons. The van der Waals surface area contributed by atoms with Crippen molar-refractivity contribution < 1.29 is 23.5 Å². The van der Waals surface area contributed by atoms with Gasteiger partial charge in [0.05, 0.1) is 13.2 Å². The summed E-state index contributed by atoms with van der Waals surface area (Å²) in [5.74, 6) is 0.661. The molecule has 2 amide bonds. The summed E-state index contributed by atoms with van der Waals surface area (Å²) in [6.45, 7) is 5.26. The molecule has 6 nitrogen and oxygen atoms in total. The monoisotopic (exact) mass is 510 g/mol. The van der Waals surface area contributed by atoms with E-state index in [-0.39, 0.29) is 42.7 Å². The standard InChI is InChI=1S/C28H31FN2O4S/c1-19(2)16-30(28(33)20-5-4-6-23(15-20)34-3)17-27(32)31-13-11-26-24(12-14-36-26)25(31)18-35-22-9-7-21(29)8-10-22/h4-10,12,14-15,19,25H,11,13,16-18H2,1-3H3/t25-/m0/s1. The summed E-state index contributed by atoms with van der Waals surface area (Å²) in [6.07, 6.45) is 0.764. The van der Waals surface area contributed by atoms with E-state index in [1.807, 2.05) is 30.2 Å². The minimum absolute atomic E-state index is 0.0270. The predicted octanol–water partition coefficient (Wildman–Crippen LogP) is 5.20. The van der Waals surface area contributed by atoms with E-state index < -0.39 is 0 Å². The van der Waals surface area contributed by atoms with Crippen molar-refractivity contribution in [2.24, 2.45) is 5.92 Å². The largest absolute Gasteiger partial charge is 0.497 e. The highest BCUT2D eigenvalue weighted by molar-refractivity contribution is 7.10. The van der Waals surface area contributed by atoms with Crippen LogP contribution in [-0.2, 0) is 11.2 Å². The fourth-order valence-corrected chi connectivity index (χ4v) is 5.36. The van der Waals surface area contributed by atoms with Crippen LogP contribution in [0.5, 0.6) is 11.5 Å². The Morgan fingerprint density at radius 1 is 1.14 bits per heavy atom. The second kappa shape index (κ2) is 11.6. The number of fused-ring (bicyclic) bond motifs is 1. The Hall–Kier alpha value is -3.39. The Bertz CT molecular complexity index is 1190. The summed E-state index contributed by atoms with van der Waals surface area (Å²) >= 11 is 1.67. The van der Waals surface area contributed by atoms with E-state index in [2.05, 4.69) is 0 Å². The summed E-state index contributed by atoms with van der Waals surface area (Å²) < 4.78 is 24.5. The van der Waals surface area contributed by atoms with Crippen LogP contribution in [-0.4, -0.2) is 55.0 Å². The molecular formula is C28H31FN2O4S. The van der Waals surface area contributed by atoms with Gasteiger partial charge in [0, 0.05) is 23.5 Å². The number of rotatable bonds is 9. The lowest BCUT2D eigenvalue weighted by atomic mass is 10.00. The molecule has 4 rings (SSSR count). The van der Waals surface area contributed by atoms with Crippen LogP contribution in [0.1, 0.15) is 40.7 Å². The second-order valence-electron chi connectivity index (χ2n) is 9.23. The van der Waals surface area contributed by atoms with Gasteiger partial charge in [0.25, 0.3) is 5.91 Å². The number of nitrogens with zero attached hydrogens (tertiary/aromatic N) is 2. The van der Waals surface area contributed by atoms with Crippen LogP contribution in [0.4, 0.5) is 4.39 Å². The summed E-state index contributed by atoms with van der Waals surface area (Å²) in [5.41, 5.74) is 1.55. The molecule has 0 unspecified atom stereocenters. The van der Waals surface area contributed by atoms with Gasteiger partial charge in [-0.2, -0.15) is 0 Å². The fourth-order valence-electron chi connectivity index (χ4n) is 4.43. The zero-order valence-corrected chi connectivity index (χ0v) is 21.6. The molecule has 1 aliphatic heterocycles. The molecule has 0 bridgehead atoms. The van der Waals surface area contributed by atoms with E-state index in [0.29, 0.717) is 30.2 Å². The zero-order chi connectivity index (χ0) is 25.7. The Balaban J connectivity index is 1.53. The van der Waals surface area contributed by atoms with Crippen molar-refractivity contribution in [1.82, 2.24) is 9.80 Å². The Morgan fingerprint density at radius 2 is 1.92 bits per heavy atom. The highest BCUT2D eigenvalue weighted by Crippen LogP contribution is 2.34. The molecule has 0 saturated heterocycles. The first kappa shape index (κ1) is 25.7. The van der Waals surface area contributed by atoms with Gasteiger partial charge < -0.3 is 19.3 Å². The van der Waals surface area contributed by atoms with Crippen molar-refractivity contribution in [3.8, 4) is 11.5 Å². The zero-order valence-electron chi connectivity index (χ0n) is 20.8. The molecule has 0 fully saturated rings. The molecule has 1 aliphatic rings. The van der Waals surface area contributed by atoms with Gasteiger partial charge in [-0.3, -0.25) is 9.59 Å². The normalized spacial score (nSPS) is 14.9. The third kappa shape index (κ3) is 6.05. The first-order chi connectivity index (χ1) is 17.4. The number of hydrogen-bond acceptors (Lipinski definition) is 5. The lowest BCUT2D eigenvalue weighted by Gasteiger charge is -2.37. The molecule has 1 atom stereocenters. The number of benzene rings is 2. The minimum Gasteiger partial charge on any atom is -0.497 e. The van der Waals surface area contributed by atoms with Gasteiger partial charge in [0.1, 0.15) is 30.5 Å². The maximum absolute atomic E-state index is 13.7. The SMILES string of the molecule is COc1cccc(C(=O)N(CC(=O)N2CCc3sccc3[C@@H]2COc2ccc(F)cc2)CC(C)C)c1. The third-order valence-electron chi connectivity index (χ3n) is 6.15. The van der Waals surface area contributed by atoms with Crippen LogP contribution in [0.2, 0.25) is 0 Å². The van der Waals surface area contributed by atoms with Crippen molar-refractivity contribution >= 4 is 23.2 Å². The number of thiophene rings is 1. The van der Waals surface area contributed by atoms with Crippen molar-refractivity contribution in [2.75, 3.05) is 33.4 Å². The quantitative estimate of drug-likeness (QED) is 0.397. The smallest absolute Gasteiger partial charge is 0.254 e. The summed E-state index contributed by atoms with van der Waals surface area (Å²) in [6, 6.07) is 14.6. The summed E-state index contributed by atoms with van der Waals surface area (Å²) in [7, 11) is 1.56. The molecular weight excluding hydrogens is 479 g/mol. The van der Waals surface area contributed by atoms with Crippen molar-refractivity contribution in [2.45, 2.75) is 26.3 Å². The van der Waals surface area contributed by atoms with Gasteiger partial charge in [-0.25, -0.2) is 4.39 Å². The molecule has 2 aromatic carbocycles. The average Bonchev–Trinajstić information content (AvgIpc) is 3.36. The molecule has 0 saturated carbocycles. The van der Waals surface area contributed by atoms with Crippen LogP contribution in [0.3, 0.4) is 0 Å². The number of methoxy groups -OCH3 is 1. The second-order valence-corrected chi connectivity index (χ2v) is 10.2. The molecule has 0 radical (unpaired) electrons. The van der Waals surface area contributed by atoms with Crippen LogP contribution >= 0.6 is 11.3 Å². The summed E-state index contributed by atoms with van der Waals surface area (Å²) in [5, 5.41) is 2.03. The molecule has 0 spiro atoms. The molecule has 0 aliphatic carbocycles. The van der Waals surface area contributed by atoms with E-state index in [1.165, 1.54) is 17.0 Å². The van der Waals surface area contributed by atoms with Crippen LogP contribution in [0.15, 0.2) is 60.0 Å². The number of carbonyl (C=O) groups excluding carboxylic acids is 2. The van der Waals surface area contributed by atoms with E-state index >= 15 is 0 Å². The Labute approximate surface area is 215 Å². The molecule has 1 aromatic heterocycles. The topological polar surface area (TPSA) is 59.1 Å². The fraction of sp³-hybridized carbons (Fsp3) is 0.357. The lowest BCUT2D eigenvalue weighted by Crippen LogP contribution is -2.48. The lowest BCUT2D eigenvalue weighted by molar-refractivity contribution is -0.135. The van der Waals surface area contributed by atoms with E-state index in [4.69, 9.17) is 9.47 Å². The maximum atomic E-state index is 13.7. The number of ether oxygens (including phenoxy) is 2. The molecule has 0 N–H and O–H groups in total. The first-order valence-corrected chi connectivity index (χ1v) is 12.9. The van der Waals surface area contributed by atoms with Crippen LogP contribution < -0.4 is 9.47 Å². The van der Waals surface area contributed by atoms with Crippen LogP contribution in [0.25, 0.3) is 0 Å².